The fourth-order valence-corrected chi connectivity index (χ4v) is 2.50. The van der Waals surface area contributed by atoms with Crippen LogP contribution in [0.5, 0.6) is 0 Å². The zero-order valence-corrected chi connectivity index (χ0v) is 10.6. The Morgan fingerprint density at radius 3 is 2.82 bits per heavy atom. The van der Waals surface area contributed by atoms with E-state index in [0.29, 0.717) is 6.04 Å². The predicted octanol–water partition coefficient (Wildman–Crippen LogP) is 2.17. The van der Waals surface area contributed by atoms with E-state index in [4.69, 9.17) is 4.74 Å². The first-order valence-corrected chi connectivity index (χ1v) is 6.44. The molecule has 0 amide bonds. The van der Waals surface area contributed by atoms with Gasteiger partial charge in [-0.25, -0.2) is 0 Å². The second kappa shape index (κ2) is 5.45. The van der Waals surface area contributed by atoms with Crippen LogP contribution in [0.25, 0.3) is 0 Å². The predicted molar refractivity (Wildman–Crippen MR) is 65.5 cm³/mol. The average Bonchev–Trinajstić information content (AvgIpc) is 2.77. The van der Waals surface area contributed by atoms with Crippen molar-refractivity contribution in [2.45, 2.75) is 45.6 Å². The molecule has 94 valence electrons. The third-order valence-electron chi connectivity index (χ3n) is 3.40. The van der Waals surface area contributed by atoms with Crippen LogP contribution >= 0.6 is 0 Å². The van der Waals surface area contributed by atoms with Gasteiger partial charge in [-0.1, -0.05) is 13.8 Å². The molecule has 0 aliphatic carbocycles. The molecule has 0 radical (unpaired) electrons. The second-order valence-corrected chi connectivity index (χ2v) is 4.45. The summed E-state index contributed by atoms with van der Waals surface area (Å²) in [5.41, 5.74) is 2.77. The van der Waals surface area contributed by atoms with E-state index in [0.717, 1.165) is 62.1 Å². The summed E-state index contributed by atoms with van der Waals surface area (Å²) in [6.07, 6.45) is 4.77. The van der Waals surface area contributed by atoms with E-state index >= 15 is 0 Å². The highest BCUT2D eigenvalue weighted by molar-refractivity contribution is 5.78. The van der Waals surface area contributed by atoms with Crippen molar-refractivity contribution < 1.29 is 9.53 Å². The molecule has 0 bridgehead atoms. The number of rotatable bonds is 4. The molecule has 4 nitrogen and oxygen atoms in total. The van der Waals surface area contributed by atoms with Gasteiger partial charge in [-0.05, 0) is 25.7 Å². The van der Waals surface area contributed by atoms with Crippen molar-refractivity contribution in [2.75, 3.05) is 13.2 Å². The van der Waals surface area contributed by atoms with E-state index < -0.39 is 0 Å². The Morgan fingerprint density at radius 1 is 1.47 bits per heavy atom. The van der Waals surface area contributed by atoms with Crippen molar-refractivity contribution in [3.63, 3.8) is 0 Å². The lowest BCUT2D eigenvalue weighted by Gasteiger charge is -2.24. The number of hydrogen-bond acceptors (Lipinski definition) is 3. The lowest BCUT2D eigenvalue weighted by Crippen LogP contribution is -2.23. The van der Waals surface area contributed by atoms with Gasteiger partial charge in [-0.15, -0.1) is 0 Å². The van der Waals surface area contributed by atoms with E-state index in [-0.39, 0.29) is 0 Å². The molecule has 4 heteroatoms. The molecule has 17 heavy (non-hydrogen) atoms. The summed E-state index contributed by atoms with van der Waals surface area (Å²) in [6.45, 7) is 5.68. The zero-order chi connectivity index (χ0) is 12.3. The number of aryl methyl sites for hydroxylation is 1. The van der Waals surface area contributed by atoms with Crippen molar-refractivity contribution >= 4 is 6.29 Å². The monoisotopic (exact) mass is 236 g/mol. The van der Waals surface area contributed by atoms with Gasteiger partial charge in [0.2, 0.25) is 0 Å². The Hall–Kier alpha value is -1.16. The summed E-state index contributed by atoms with van der Waals surface area (Å²) < 4.78 is 7.53. The topological polar surface area (TPSA) is 44.1 Å². The molecule has 0 spiro atoms. The molecular weight excluding hydrogens is 216 g/mol. The number of aldehydes is 1. The molecule has 1 unspecified atom stereocenters. The zero-order valence-electron chi connectivity index (χ0n) is 10.6. The van der Waals surface area contributed by atoms with Crippen LogP contribution in [0, 0.1) is 0 Å². The molecule has 0 N–H and O–H groups in total. The van der Waals surface area contributed by atoms with Gasteiger partial charge in [-0.3, -0.25) is 9.48 Å². The lowest BCUT2D eigenvalue weighted by molar-refractivity contribution is 0.0538. The Balaban J connectivity index is 2.37. The number of carbonyl (C=O) groups is 1. The maximum atomic E-state index is 11.2. The second-order valence-electron chi connectivity index (χ2n) is 4.45. The highest BCUT2D eigenvalue weighted by Gasteiger charge is 2.22. The van der Waals surface area contributed by atoms with E-state index in [1.54, 1.807) is 0 Å². The largest absolute Gasteiger partial charge is 0.379 e. The average molecular weight is 236 g/mol. The molecule has 1 aromatic heterocycles. The van der Waals surface area contributed by atoms with E-state index in [9.17, 15) is 4.79 Å². The first-order valence-electron chi connectivity index (χ1n) is 6.44. The standard InChI is InChI=1S/C13H20N2O2/c1-3-12-11(8-16)13(4-2)15(14-12)10-6-5-7-17-9-10/h8,10H,3-7,9H2,1-2H3. The summed E-state index contributed by atoms with van der Waals surface area (Å²) in [5.74, 6) is 0. The minimum atomic E-state index is 0.303. The fourth-order valence-electron chi connectivity index (χ4n) is 2.50. The summed E-state index contributed by atoms with van der Waals surface area (Å²) in [6, 6.07) is 0.303. The van der Waals surface area contributed by atoms with Gasteiger partial charge in [0.15, 0.2) is 6.29 Å². The lowest BCUT2D eigenvalue weighted by atomic mass is 10.1. The van der Waals surface area contributed by atoms with Gasteiger partial charge in [0.05, 0.1) is 23.9 Å². The van der Waals surface area contributed by atoms with Crippen LogP contribution in [0.4, 0.5) is 0 Å². The van der Waals surface area contributed by atoms with Gasteiger partial charge in [-0.2, -0.15) is 5.10 Å². The van der Waals surface area contributed by atoms with Crippen LogP contribution in [0.3, 0.4) is 0 Å². The molecular formula is C13H20N2O2. The van der Waals surface area contributed by atoms with Crippen LogP contribution in [0.15, 0.2) is 0 Å². The van der Waals surface area contributed by atoms with Crippen molar-refractivity contribution in [2.24, 2.45) is 0 Å². The smallest absolute Gasteiger partial charge is 0.153 e. The minimum absolute atomic E-state index is 0.303. The maximum Gasteiger partial charge on any atom is 0.153 e. The molecule has 1 aliphatic rings. The Kier molecular flexibility index (Phi) is 3.94. The molecule has 2 rings (SSSR count). The minimum Gasteiger partial charge on any atom is -0.379 e. The molecule has 1 saturated heterocycles. The highest BCUT2D eigenvalue weighted by atomic mass is 16.5. The van der Waals surface area contributed by atoms with Gasteiger partial charge in [0, 0.05) is 12.3 Å². The van der Waals surface area contributed by atoms with Crippen LogP contribution in [0.2, 0.25) is 0 Å². The molecule has 0 saturated carbocycles. The van der Waals surface area contributed by atoms with Gasteiger partial charge in [0.25, 0.3) is 0 Å². The molecule has 0 aromatic carbocycles. The summed E-state index contributed by atoms with van der Waals surface area (Å²) in [7, 11) is 0. The molecule has 1 aliphatic heterocycles. The molecule has 1 aromatic rings. The van der Waals surface area contributed by atoms with Gasteiger partial charge < -0.3 is 4.74 Å². The number of hydrogen-bond donors (Lipinski definition) is 0. The van der Waals surface area contributed by atoms with Crippen LogP contribution in [0.1, 0.15) is 54.5 Å². The Bertz CT molecular complexity index is 392. The van der Waals surface area contributed by atoms with Crippen LogP contribution in [-0.4, -0.2) is 29.3 Å². The first-order chi connectivity index (χ1) is 8.31. The van der Waals surface area contributed by atoms with E-state index in [1.165, 1.54) is 0 Å². The van der Waals surface area contributed by atoms with Crippen molar-refractivity contribution in [3.8, 4) is 0 Å². The fraction of sp³-hybridized carbons (Fsp3) is 0.692. The third-order valence-corrected chi connectivity index (χ3v) is 3.40. The first kappa shape index (κ1) is 12.3. The van der Waals surface area contributed by atoms with E-state index in [1.807, 2.05) is 11.6 Å². The highest BCUT2D eigenvalue weighted by Crippen LogP contribution is 2.24. The van der Waals surface area contributed by atoms with Gasteiger partial charge in [0.1, 0.15) is 0 Å². The number of aromatic nitrogens is 2. The van der Waals surface area contributed by atoms with Crippen molar-refractivity contribution in [1.29, 1.82) is 0 Å². The molecule has 1 fully saturated rings. The van der Waals surface area contributed by atoms with Gasteiger partial charge >= 0.3 is 0 Å². The van der Waals surface area contributed by atoms with Crippen LogP contribution < -0.4 is 0 Å². The number of carbonyl (C=O) groups excluding carboxylic acids is 1. The van der Waals surface area contributed by atoms with Crippen LogP contribution in [-0.2, 0) is 17.6 Å². The summed E-state index contributed by atoms with van der Waals surface area (Å²) in [4.78, 5) is 11.2. The number of ether oxygens (including phenoxy) is 1. The third kappa shape index (κ3) is 2.27. The normalized spacial score (nSPS) is 20.5. The summed E-state index contributed by atoms with van der Waals surface area (Å²) >= 11 is 0. The van der Waals surface area contributed by atoms with E-state index in [2.05, 4.69) is 12.0 Å². The molecule has 1 atom stereocenters. The summed E-state index contributed by atoms with van der Waals surface area (Å²) in [5, 5.41) is 4.60. The maximum absolute atomic E-state index is 11.2. The number of nitrogens with zero attached hydrogens (tertiary/aromatic N) is 2. The quantitative estimate of drug-likeness (QED) is 0.752. The Labute approximate surface area is 102 Å². The Morgan fingerprint density at radius 2 is 2.29 bits per heavy atom. The van der Waals surface area contributed by atoms with Crippen molar-refractivity contribution in [1.82, 2.24) is 9.78 Å². The SMILES string of the molecule is CCc1nn(C2CCCOC2)c(CC)c1C=O. The molecule has 2 heterocycles. The van der Waals surface area contributed by atoms with Crippen molar-refractivity contribution in [3.05, 3.63) is 17.0 Å².